The molecule has 14 heavy (non-hydrogen) atoms. The van der Waals surface area contributed by atoms with E-state index in [1.165, 1.54) is 24.0 Å². The molecule has 1 aliphatic carbocycles. The van der Waals surface area contributed by atoms with E-state index in [1.54, 1.807) is 0 Å². The van der Waals surface area contributed by atoms with Crippen molar-refractivity contribution in [1.82, 2.24) is 10.3 Å². The Morgan fingerprint density at radius 1 is 1.43 bits per heavy atom. The van der Waals surface area contributed by atoms with Gasteiger partial charge in [0.25, 0.3) is 0 Å². The highest BCUT2D eigenvalue weighted by molar-refractivity contribution is 5.24. The molecule has 0 amide bonds. The number of nitrogens with zero attached hydrogens (tertiary/aromatic N) is 1. The van der Waals surface area contributed by atoms with Crippen LogP contribution in [0, 0.1) is 12.3 Å². The van der Waals surface area contributed by atoms with Gasteiger partial charge in [-0.25, -0.2) is 0 Å². The van der Waals surface area contributed by atoms with Crippen LogP contribution in [0.15, 0.2) is 18.5 Å². The molecule has 2 rings (SSSR count). The van der Waals surface area contributed by atoms with Crippen LogP contribution in [0.1, 0.15) is 36.9 Å². The molecule has 0 aliphatic heterocycles. The zero-order valence-electron chi connectivity index (χ0n) is 9.17. The average Bonchev–Trinajstić information content (AvgIpc) is 2.85. The predicted octanol–water partition coefficient (Wildman–Crippen LogP) is 2.45. The summed E-state index contributed by atoms with van der Waals surface area (Å²) in [6, 6.07) is 2.70. The molecule has 1 N–H and O–H groups in total. The molecule has 1 heterocycles. The number of rotatable bonds is 3. The number of aromatic nitrogens is 1. The maximum Gasteiger partial charge on any atom is 0.0387 e. The van der Waals surface area contributed by atoms with Gasteiger partial charge in [0.15, 0.2) is 0 Å². The largest absolute Gasteiger partial charge is 0.312 e. The monoisotopic (exact) mass is 190 g/mol. The second kappa shape index (κ2) is 3.35. The maximum absolute atomic E-state index is 4.25. The van der Waals surface area contributed by atoms with E-state index in [4.69, 9.17) is 0 Å². The fourth-order valence-electron chi connectivity index (χ4n) is 2.14. The van der Waals surface area contributed by atoms with Gasteiger partial charge in [-0.3, -0.25) is 4.98 Å². The Hall–Kier alpha value is -0.890. The van der Waals surface area contributed by atoms with Crippen LogP contribution in [0.4, 0.5) is 0 Å². The molecule has 1 unspecified atom stereocenters. The van der Waals surface area contributed by atoms with E-state index in [0.717, 1.165) is 0 Å². The quantitative estimate of drug-likeness (QED) is 0.792. The second-order valence-electron chi connectivity index (χ2n) is 4.67. The molecule has 0 saturated heterocycles. The summed E-state index contributed by atoms with van der Waals surface area (Å²) < 4.78 is 0. The number of pyridine rings is 1. The van der Waals surface area contributed by atoms with E-state index in [-0.39, 0.29) is 0 Å². The minimum Gasteiger partial charge on any atom is -0.312 e. The highest BCUT2D eigenvalue weighted by Gasteiger charge is 2.44. The topological polar surface area (TPSA) is 24.9 Å². The zero-order chi connectivity index (χ0) is 10.2. The molecule has 1 aromatic rings. The summed E-state index contributed by atoms with van der Waals surface area (Å²) in [5, 5.41) is 3.41. The van der Waals surface area contributed by atoms with Gasteiger partial charge in [-0.2, -0.15) is 0 Å². The standard InChI is InChI=1S/C12H18N2/c1-9-6-10(8-14-7-9)11(13-3)12(2)4-5-12/h6-8,11,13H,4-5H2,1-3H3. The molecule has 0 aromatic carbocycles. The fraction of sp³-hybridized carbons (Fsp3) is 0.583. The Morgan fingerprint density at radius 2 is 2.14 bits per heavy atom. The van der Waals surface area contributed by atoms with Crippen molar-refractivity contribution in [1.29, 1.82) is 0 Å². The number of aryl methyl sites for hydroxylation is 1. The smallest absolute Gasteiger partial charge is 0.0387 e. The van der Waals surface area contributed by atoms with E-state index >= 15 is 0 Å². The molecule has 1 aromatic heterocycles. The van der Waals surface area contributed by atoms with Crippen molar-refractivity contribution in [2.75, 3.05) is 7.05 Å². The first-order valence-electron chi connectivity index (χ1n) is 5.24. The second-order valence-corrected chi connectivity index (χ2v) is 4.67. The summed E-state index contributed by atoms with van der Waals surface area (Å²) in [4.78, 5) is 4.25. The minimum atomic E-state index is 0.463. The van der Waals surface area contributed by atoms with Gasteiger partial charge in [0.2, 0.25) is 0 Å². The third-order valence-electron chi connectivity index (χ3n) is 3.25. The van der Waals surface area contributed by atoms with Gasteiger partial charge in [-0.15, -0.1) is 0 Å². The van der Waals surface area contributed by atoms with Gasteiger partial charge in [0, 0.05) is 18.4 Å². The first kappa shape index (κ1) is 9.66. The summed E-state index contributed by atoms with van der Waals surface area (Å²) >= 11 is 0. The SMILES string of the molecule is CNC(c1cncc(C)c1)C1(C)CC1. The zero-order valence-corrected chi connectivity index (χ0v) is 9.17. The number of nitrogens with one attached hydrogen (secondary N) is 1. The van der Waals surface area contributed by atoms with E-state index in [2.05, 4.69) is 30.2 Å². The Morgan fingerprint density at radius 3 is 2.64 bits per heavy atom. The maximum atomic E-state index is 4.25. The van der Waals surface area contributed by atoms with Crippen molar-refractivity contribution < 1.29 is 0 Å². The highest BCUT2D eigenvalue weighted by Crippen LogP contribution is 2.54. The van der Waals surface area contributed by atoms with Crippen molar-refractivity contribution >= 4 is 0 Å². The molecule has 2 heteroatoms. The fourth-order valence-corrected chi connectivity index (χ4v) is 2.14. The molecule has 0 spiro atoms. The predicted molar refractivity (Wildman–Crippen MR) is 58.1 cm³/mol. The van der Waals surface area contributed by atoms with Gasteiger partial charge < -0.3 is 5.32 Å². The third-order valence-corrected chi connectivity index (χ3v) is 3.25. The van der Waals surface area contributed by atoms with Crippen molar-refractivity contribution in [3.05, 3.63) is 29.6 Å². The van der Waals surface area contributed by atoms with E-state index in [1.807, 2.05) is 19.4 Å². The first-order valence-corrected chi connectivity index (χ1v) is 5.24. The minimum absolute atomic E-state index is 0.463. The van der Waals surface area contributed by atoms with Crippen LogP contribution in [0.3, 0.4) is 0 Å². The molecule has 1 fully saturated rings. The molecule has 0 radical (unpaired) electrons. The molecular formula is C12H18N2. The summed E-state index contributed by atoms with van der Waals surface area (Å²) in [7, 11) is 2.04. The third kappa shape index (κ3) is 1.67. The van der Waals surface area contributed by atoms with Crippen LogP contribution in [0.2, 0.25) is 0 Å². The normalized spacial score (nSPS) is 20.5. The van der Waals surface area contributed by atoms with Crippen LogP contribution in [0.5, 0.6) is 0 Å². The lowest BCUT2D eigenvalue weighted by Gasteiger charge is -2.23. The number of hydrogen-bond donors (Lipinski definition) is 1. The van der Waals surface area contributed by atoms with Gasteiger partial charge in [0.05, 0.1) is 0 Å². The molecule has 0 bridgehead atoms. The lowest BCUT2D eigenvalue weighted by molar-refractivity contribution is 0.389. The van der Waals surface area contributed by atoms with Gasteiger partial charge >= 0.3 is 0 Å². The molecule has 76 valence electrons. The Kier molecular flexibility index (Phi) is 2.31. The lowest BCUT2D eigenvalue weighted by Crippen LogP contribution is -2.24. The van der Waals surface area contributed by atoms with E-state index < -0.39 is 0 Å². The molecule has 2 nitrogen and oxygen atoms in total. The van der Waals surface area contributed by atoms with Crippen molar-refractivity contribution in [2.45, 2.75) is 32.7 Å². The van der Waals surface area contributed by atoms with E-state index in [9.17, 15) is 0 Å². The van der Waals surface area contributed by atoms with Crippen LogP contribution < -0.4 is 5.32 Å². The van der Waals surface area contributed by atoms with Crippen LogP contribution >= 0.6 is 0 Å². The Bertz CT molecular complexity index is 329. The summed E-state index contributed by atoms with van der Waals surface area (Å²) in [6.07, 6.45) is 6.54. The molecule has 1 saturated carbocycles. The van der Waals surface area contributed by atoms with Gasteiger partial charge in [-0.1, -0.05) is 13.0 Å². The average molecular weight is 190 g/mol. The lowest BCUT2D eigenvalue weighted by atomic mass is 9.92. The summed E-state index contributed by atoms with van der Waals surface area (Å²) in [5.74, 6) is 0. The van der Waals surface area contributed by atoms with Crippen molar-refractivity contribution in [3.8, 4) is 0 Å². The first-order chi connectivity index (χ1) is 6.65. The molecule has 1 aliphatic rings. The highest BCUT2D eigenvalue weighted by atomic mass is 14.9. The van der Waals surface area contributed by atoms with E-state index in [0.29, 0.717) is 11.5 Å². The van der Waals surface area contributed by atoms with Crippen LogP contribution in [-0.4, -0.2) is 12.0 Å². The molecule has 1 atom stereocenters. The Balaban J connectivity index is 2.27. The number of hydrogen-bond acceptors (Lipinski definition) is 2. The van der Waals surface area contributed by atoms with Crippen LogP contribution in [0.25, 0.3) is 0 Å². The summed E-state index contributed by atoms with van der Waals surface area (Å²) in [5.41, 5.74) is 3.03. The van der Waals surface area contributed by atoms with Gasteiger partial charge in [-0.05, 0) is 43.4 Å². The van der Waals surface area contributed by atoms with Gasteiger partial charge in [0.1, 0.15) is 0 Å². The van der Waals surface area contributed by atoms with Crippen molar-refractivity contribution in [2.24, 2.45) is 5.41 Å². The Labute approximate surface area is 85.7 Å². The van der Waals surface area contributed by atoms with Crippen LogP contribution in [-0.2, 0) is 0 Å². The van der Waals surface area contributed by atoms with Crippen molar-refractivity contribution in [3.63, 3.8) is 0 Å². The molecular weight excluding hydrogens is 172 g/mol. The summed E-state index contributed by atoms with van der Waals surface area (Å²) in [6.45, 7) is 4.44.